The van der Waals surface area contributed by atoms with Gasteiger partial charge in [-0.05, 0) is 51.0 Å². The van der Waals surface area contributed by atoms with Gasteiger partial charge in [-0.2, -0.15) is 0 Å². The van der Waals surface area contributed by atoms with Crippen LogP contribution in [-0.4, -0.2) is 15.9 Å². The predicted molar refractivity (Wildman–Crippen MR) is 83.2 cm³/mol. The monoisotopic (exact) mass is 283 g/mol. The summed E-state index contributed by atoms with van der Waals surface area (Å²) in [7, 11) is 0. The van der Waals surface area contributed by atoms with Crippen LogP contribution in [0.25, 0.3) is 0 Å². The van der Waals surface area contributed by atoms with Gasteiger partial charge in [0.15, 0.2) is 0 Å². The Labute approximate surface area is 125 Å². The van der Waals surface area contributed by atoms with Crippen LogP contribution in [0.1, 0.15) is 52.4 Å². The molecule has 4 heteroatoms. The van der Waals surface area contributed by atoms with Gasteiger partial charge in [0.25, 0.3) is 5.91 Å². The molecule has 2 aromatic heterocycles. The fraction of sp³-hybridized carbons (Fsp3) is 0.353. The number of hydrogen-bond acceptors (Lipinski definition) is 3. The van der Waals surface area contributed by atoms with Crippen LogP contribution in [0.5, 0.6) is 0 Å². The van der Waals surface area contributed by atoms with E-state index in [1.165, 1.54) is 0 Å². The fourth-order valence-electron chi connectivity index (χ4n) is 2.43. The average molecular weight is 283 g/mol. The second-order valence-corrected chi connectivity index (χ2v) is 5.28. The molecule has 2 heterocycles. The van der Waals surface area contributed by atoms with Crippen molar-refractivity contribution in [1.29, 1.82) is 0 Å². The number of amides is 1. The lowest BCUT2D eigenvalue weighted by Crippen LogP contribution is -2.29. The minimum atomic E-state index is -0.0829. The third-order valence-electron chi connectivity index (χ3n) is 3.44. The van der Waals surface area contributed by atoms with Crippen LogP contribution in [0, 0.1) is 20.8 Å². The minimum Gasteiger partial charge on any atom is -0.344 e. The third kappa shape index (κ3) is 3.66. The van der Waals surface area contributed by atoms with E-state index in [2.05, 4.69) is 15.3 Å². The van der Waals surface area contributed by atoms with Crippen molar-refractivity contribution >= 4 is 5.91 Å². The molecule has 0 radical (unpaired) electrons. The molecule has 2 aromatic rings. The van der Waals surface area contributed by atoms with Crippen LogP contribution in [-0.2, 0) is 0 Å². The molecule has 1 amide bonds. The Bertz CT molecular complexity index is 632. The average Bonchev–Trinajstić information content (AvgIpc) is 2.44. The Morgan fingerprint density at radius 2 is 1.90 bits per heavy atom. The van der Waals surface area contributed by atoms with Gasteiger partial charge in [-0.25, -0.2) is 0 Å². The maximum atomic E-state index is 12.4. The molecule has 0 saturated carbocycles. The standard InChI is InChI=1S/C17H21N3O/c1-5-15(16-11(2)7-6-8-18-16)20-17(21)14-9-12(3)19-13(4)10-14/h6-10,15H,5H2,1-4H3,(H,20,21). The Morgan fingerprint density at radius 1 is 1.24 bits per heavy atom. The Morgan fingerprint density at radius 3 is 2.48 bits per heavy atom. The quantitative estimate of drug-likeness (QED) is 0.936. The topological polar surface area (TPSA) is 54.9 Å². The molecule has 1 atom stereocenters. The zero-order valence-electron chi connectivity index (χ0n) is 13.0. The number of rotatable bonds is 4. The highest BCUT2D eigenvalue weighted by Crippen LogP contribution is 2.18. The molecule has 2 rings (SSSR count). The lowest BCUT2D eigenvalue weighted by molar-refractivity contribution is 0.0934. The van der Waals surface area contributed by atoms with E-state index >= 15 is 0 Å². The van der Waals surface area contributed by atoms with Crippen LogP contribution in [0.3, 0.4) is 0 Å². The molecule has 0 aliphatic heterocycles. The highest BCUT2D eigenvalue weighted by molar-refractivity contribution is 5.94. The van der Waals surface area contributed by atoms with E-state index in [-0.39, 0.29) is 11.9 Å². The summed E-state index contributed by atoms with van der Waals surface area (Å²) in [5, 5.41) is 3.07. The summed E-state index contributed by atoms with van der Waals surface area (Å²) in [5.41, 5.74) is 4.36. The van der Waals surface area contributed by atoms with Crippen LogP contribution in [0.15, 0.2) is 30.5 Å². The molecule has 0 fully saturated rings. The largest absolute Gasteiger partial charge is 0.344 e. The van der Waals surface area contributed by atoms with Gasteiger partial charge in [0.05, 0.1) is 11.7 Å². The van der Waals surface area contributed by atoms with E-state index in [0.29, 0.717) is 5.56 Å². The fourth-order valence-corrected chi connectivity index (χ4v) is 2.43. The summed E-state index contributed by atoms with van der Waals surface area (Å²) in [5.74, 6) is -0.0829. The maximum Gasteiger partial charge on any atom is 0.251 e. The smallest absolute Gasteiger partial charge is 0.251 e. The Hall–Kier alpha value is -2.23. The summed E-state index contributed by atoms with van der Waals surface area (Å²) < 4.78 is 0. The first kappa shape index (κ1) is 15.2. The van der Waals surface area contributed by atoms with Gasteiger partial charge in [0, 0.05) is 23.1 Å². The summed E-state index contributed by atoms with van der Waals surface area (Å²) >= 11 is 0. The van der Waals surface area contributed by atoms with Gasteiger partial charge >= 0.3 is 0 Å². The summed E-state index contributed by atoms with van der Waals surface area (Å²) in [6, 6.07) is 7.45. The first-order valence-corrected chi connectivity index (χ1v) is 7.19. The number of nitrogens with zero attached hydrogens (tertiary/aromatic N) is 2. The zero-order chi connectivity index (χ0) is 15.4. The molecule has 0 spiro atoms. The third-order valence-corrected chi connectivity index (χ3v) is 3.44. The molecule has 0 bridgehead atoms. The van der Waals surface area contributed by atoms with Crippen molar-refractivity contribution < 1.29 is 4.79 Å². The number of carbonyl (C=O) groups excluding carboxylic acids is 1. The SMILES string of the molecule is CCC(NC(=O)c1cc(C)nc(C)c1)c1ncccc1C. The van der Waals surface area contributed by atoms with Crippen molar-refractivity contribution in [3.8, 4) is 0 Å². The van der Waals surface area contributed by atoms with E-state index in [4.69, 9.17) is 0 Å². The van der Waals surface area contributed by atoms with Crippen LogP contribution in [0.2, 0.25) is 0 Å². The van der Waals surface area contributed by atoms with Gasteiger partial charge in [0.1, 0.15) is 0 Å². The predicted octanol–water partition coefficient (Wildman–Crippen LogP) is 3.28. The van der Waals surface area contributed by atoms with E-state index in [9.17, 15) is 4.79 Å². The van der Waals surface area contributed by atoms with Gasteiger partial charge in [0.2, 0.25) is 0 Å². The lowest BCUT2D eigenvalue weighted by Gasteiger charge is -2.18. The molecule has 0 aliphatic carbocycles. The highest BCUT2D eigenvalue weighted by atomic mass is 16.1. The molecule has 1 N–H and O–H groups in total. The van der Waals surface area contributed by atoms with E-state index in [0.717, 1.165) is 29.1 Å². The first-order chi connectivity index (χ1) is 10.0. The molecule has 4 nitrogen and oxygen atoms in total. The first-order valence-electron chi connectivity index (χ1n) is 7.19. The summed E-state index contributed by atoms with van der Waals surface area (Å²) in [4.78, 5) is 21.1. The van der Waals surface area contributed by atoms with Crippen molar-refractivity contribution in [2.75, 3.05) is 0 Å². The molecule has 0 saturated heterocycles. The summed E-state index contributed by atoms with van der Waals surface area (Å²) in [6.45, 7) is 7.84. The van der Waals surface area contributed by atoms with Gasteiger partial charge in [-0.3, -0.25) is 14.8 Å². The van der Waals surface area contributed by atoms with Gasteiger partial charge in [-0.1, -0.05) is 13.0 Å². The normalized spacial score (nSPS) is 12.0. The summed E-state index contributed by atoms with van der Waals surface area (Å²) in [6.07, 6.45) is 2.56. The molecule has 21 heavy (non-hydrogen) atoms. The van der Waals surface area contributed by atoms with Crippen LogP contribution >= 0.6 is 0 Å². The van der Waals surface area contributed by atoms with Crippen molar-refractivity contribution in [2.24, 2.45) is 0 Å². The maximum absolute atomic E-state index is 12.4. The van der Waals surface area contributed by atoms with Crippen molar-refractivity contribution in [3.63, 3.8) is 0 Å². The number of pyridine rings is 2. The van der Waals surface area contributed by atoms with E-state index in [1.54, 1.807) is 18.3 Å². The second kappa shape index (κ2) is 6.48. The van der Waals surface area contributed by atoms with E-state index in [1.807, 2.05) is 39.8 Å². The molecule has 0 aromatic carbocycles. The van der Waals surface area contributed by atoms with Crippen LogP contribution in [0.4, 0.5) is 0 Å². The number of carbonyl (C=O) groups is 1. The molecule has 0 aliphatic rings. The van der Waals surface area contributed by atoms with Crippen molar-refractivity contribution in [2.45, 2.75) is 40.2 Å². The number of aromatic nitrogens is 2. The van der Waals surface area contributed by atoms with Crippen molar-refractivity contribution in [3.05, 3.63) is 58.7 Å². The number of nitrogens with one attached hydrogen (secondary N) is 1. The van der Waals surface area contributed by atoms with Gasteiger partial charge in [-0.15, -0.1) is 0 Å². The molecular formula is C17H21N3O. The zero-order valence-corrected chi connectivity index (χ0v) is 13.0. The molecule has 110 valence electrons. The van der Waals surface area contributed by atoms with Crippen LogP contribution < -0.4 is 5.32 Å². The van der Waals surface area contributed by atoms with Gasteiger partial charge < -0.3 is 5.32 Å². The second-order valence-electron chi connectivity index (χ2n) is 5.28. The Balaban J connectivity index is 2.22. The highest BCUT2D eigenvalue weighted by Gasteiger charge is 2.17. The van der Waals surface area contributed by atoms with E-state index < -0.39 is 0 Å². The molecular weight excluding hydrogens is 262 g/mol. The Kier molecular flexibility index (Phi) is 4.68. The molecule has 1 unspecified atom stereocenters. The minimum absolute atomic E-state index is 0.0764. The van der Waals surface area contributed by atoms with Crippen molar-refractivity contribution in [1.82, 2.24) is 15.3 Å². The number of hydrogen-bond donors (Lipinski definition) is 1. The number of aryl methyl sites for hydroxylation is 3. The lowest BCUT2D eigenvalue weighted by atomic mass is 10.0.